The zero-order valence-electron chi connectivity index (χ0n) is 15.1. The predicted octanol–water partition coefficient (Wildman–Crippen LogP) is 2.39. The van der Waals surface area contributed by atoms with Crippen LogP contribution in [0.25, 0.3) is 0 Å². The van der Waals surface area contributed by atoms with E-state index in [1.807, 2.05) is 30.8 Å². The highest BCUT2D eigenvalue weighted by Crippen LogP contribution is 2.47. The Balaban J connectivity index is 0.000000345. The summed E-state index contributed by atoms with van der Waals surface area (Å²) >= 11 is 1.85. The van der Waals surface area contributed by atoms with Crippen molar-refractivity contribution in [2.45, 2.75) is 36.8 Å². The topological polar surface area (TPSA) is 96.8 Å². The lowest BCUT2D eigenvalue weighted by molar-refractivity contribution is -0.192. The Morgan fingerprint density at radius 1 is 1.46 bits per heavy atom. The molecule has 2 aliphatic rings. The van der Waals surface area contributed by atoms with Crippen LogP contribution < -0.4 is 4.74 Å². The number of nitrogens with zero attached hydrogens (tertiary/aromatic N) is 2. The van der Waals surface area contributed by atoms with Crippen LogP contribution >= 0.6 is 11.8 Å². The second kappa shape index (κ2) is 8.87. The summed E-state index contributed by atoms with van der Waals surface area (Å²) in [4.78, 5) is 12.9. The number of sulfonamides is 1. The van der Waals surface area contributed by atoms with Gasteiger partial charge in [0, 0.05) is 36.2 Å². The number of aliphatic carboxylic acids is 1. The number of carboxylic acid groups (broad SMARTS) is 1. The number of hydrogen-bond donors (Lipinski definition) is 1. The number of rotatable bonds is 5. The fraction of sp³-hybridized carbons (Fsp3) is 0.625. The molecule has 28 heavy (non-hydrogen) atoms. The van der Waals surface area contributed by atoms with Gasteiger partial charge in [-0.2, -0.15) is 17.5 Å². The van der Waals surface area contributed by atoms with E-state index in [-0.39, 0.29) is 16.6 Å². The average Bonchev–Trinajstić information content (AvgIpc) is 2.98. The third-order valence-corrected chi connectivity index (χ3v) is 7.68. The van der Waals surface area contributed by atoms with Crippen LogP contribution in [-0.2, 0) is 14.8 Å². The smallest absolute Gasteiger partial charge is 0.488 e. The molecule has 1 unspecified atom stereocenters. The van der Waals surface area contributed by atoms with Crippen molar-refractivity contribution in [2.24, 2.45) is 0 Å². The van der Waals surface area contributed by atoms with Gasteiger partial charge in [0.2, 0.25) is 10.0 Å². The molecule has 0 aliphatic carbocycles. The normalized spacial score (nSPS) is 21.5. The largest absolute Gasteiger partial charge is 0.490 e. The number of aromatic nitrogens is 1. The summed E-state index contributed by atoms with van der Waals surface area (Å²) in [6, 6.07) is 3.76. The van der Waals surface area contributed by atoms with Crippen LogP contribution in [0.15, 0.2) is 24.5 Å². The van der Waals surface area contributed by atoms with Crippen molar-refractivity contribution in [3.8, 4) is 5.75 Å². The van der Waals surface area contributed by atoms with Gasteiger partial charge in [0.25, 0.3) is 0 Å². The molecule has 1 aromatic rings. The second-order valence-electron chi connectivity index (χ2n) is 6.51. The number of hydrogen-bond acceptors (Lipinski definition) is 6. The van der Waals surface area contributed by atoms with Crippen LogP contribution in [-0.4, -0.2) is 70.4 Å². The van der Waals surface area contributed by atoms with Crippen molar-refractivity contribution in [3.63, 3.8) is 0 Å². The Hall–Kier alpha value is -1.53. The van der Waals surface area contributed by atoms with Crippen LogP contribution in [0.5, 0.6) is 5.75 Å². The van der Waals surface area contributed by atoms with Crippen molar-refractivity contribution in [1.82, 2.24) is 9.29 Å². The molecule has 0 radical (unpaired) electrons. The minimum Gasteiger partial charge on any atom is -0.488 e. The number of thioether (sulfide) groups is 1. The maximum Gasteiger partial charge on any atom is 0.490 e. The van der Waals surface area contributed by atoms with Gasteiger partial charge >= 0.3 is 12.1 Å². The quantitative estimate of drug-likeness (QED) is 0.748. The SMILES string of the molecule is CCCS(=O)(=O)N1CC2(CC(Oc3cccnc3)CS2)C1.O=C(O)C(F)(F)F. The Labute approximate surface area is 165 Å². The zero-order chi connectivity index (χ0) is 21.0. The predicted molar refractivity (Wildman–Crippen MR) is 97.8 cm³/mol. The maximum absolute atomic E-state index is 12.0. The van der Waals surface area contributed by atoms with Gasteiger partial charge in [-0.1, -0.05) is 6.92 Å². The number of carbonyl (C=O) groups is 1. The van der Waals surface area contributed by atoms with Crippen LogP contribution in [0.4, 0.5) is 13.2 Å². The first-order valence-corrected chi connectivity index (χ1v) is 11.1. The lowest BCUT2D eigenvalue weighted by Crippen LogP contribution is -2.61. The molecule has 2 fully saturated rings. The molecular weight excluding hydrogens is 421 g/mol. The van der Waals surface area contributed by atoms with E-state index in [1.54, 1.807) is 16.7 Å². The van der Waals surface area contributed by atoms with Crippen LogP contribution in [0, 0.1) is 0 Å². The molecule has 3 heterocycles. The molecular formula is C16H21F3N2O5S2. The summed E-state index contributed by atoms with van der Waals surface area (Å²) in [6.07, 6.45) is 0.0839. The first kappa shape index (κ1) is 22.8. The number of alkyl halides is 3. The first-order valence-electron chi connectivity index (χ1n) is 8.46. The molecule has 7 nitrogen and oxygen atoms in total. The molecule has 1 spiro atoms. The lowest BCUT2D eigenvalue weighted by Gasteiger charge is -2.46. The number of carboxylic acids is 1. The van der Waals surface area contributed by atoms with Crippen molar-refractivity contribution >= 4 is 27.8 Å². The van der Waals surface area contributed by atoms with E-state index in [0.29, 0.717) is 19.5 Å². The highest BCUT2D eigenvalue weighted by Gasteiger charge is 2.53. The van der Waals surface area contributed by atoms with Gasteiger partial charge in [0.1, 0.15) is 11.9 Å². The van der Waals surface area contributed by atoms with Crippen LogP contribution in [0.1, 0.15) is 19.8 Å². The number of halogens is 3. The zero-order valence-corrected chi connectivity index (χ0v) is 16.7. The van der Waals surface area contributed by atoms with Gasteiger partial charge in [-0.05, 0) is 18.6 Å². The van der Waals surface area contributed by atoms with E-state index in [2.05, 4.69) is 4.98 Å². The molecule has 0 amide bonds. The van der Waals surface area contributed by atoms with Gasteiger partial charge in [0.15, 0.2) is 0 Å². The van der Waals surface area contributed by atoms with Crippen LogP contribution in [0.3, 0.4) is 0 Å². The second-order valence-corrected chi connectivity index (χ2v) is 10.1. The molecule has 0 aromatic carbocycles. The molecule has 1 N–H and O–H groups in total. The van der Waals surface area contributed by atoms with E-state index in [0.717, 1.165) is 17.9 Å². The standard InChI is InChI=1S/C14H20N2O3S2.C2HF3O2/c1-2-6-21(17,18)16-10-14(11-16)7-13(9-20-14)19-12-4-3-5-15-8-12;3-2(4,5)1(6)7/h3-5,8,13H,2,6-7,9-11H2,1H3;(H,6,7). The van der Waals surface area contributed by atoms with Gasteiger partial charge in [-0.25, -0.2) is 13.2 Å². The third-order valence-electron chi connectivity index (χ3n) is 4.14. The Morgan fingerprint density at radius 2 is 2.11 bits per heavy atom. The highest BCUT2D eigenvalue weighted by molar-refractivity contribution is 8.01. The molecule has 0 bridgehead atoms. The summed E-state index contributed by atoms with van der Waals surface area (Å²) < 4.78 is 63.3. The molecule has 2 saturated heterocycles. The molecule has 0 saturated carbocycles. The maximum atomic E-state index is 12.0. The summed E-state index contributed by atoms with van der Waals surface area (Å²) in [6.45, 7) is 3.16. The Kier molecular flexibility index (Phi) is 7.21. The monoisotopic (exact) mass is 442 g/mol. The fourth-order valence-corrected chi connectivity index (χ4v) is 6.24. The summed E-state index contributed by atoms with van der Waals surface area (Å²) in [7, 11) is -3.04. The summed E-state index contributed by atoms with van der Waals surface area (Å²) in [5.41, 5.74) is 0. The average molecular weight is 442 g/mol. The Morgan fingerprint density at radius 3 is 2.61 bits per heavy atom. The fourth-order valence-electron chi connectivity index (χ4n) is 2.89. The molecule has 3 rings (SSSR count). The Bertz CT molecular complexity index is 768. The summed E-state index contributed by atoms with van der Waals surface area (Å²) in [5, 5.41) is 7.12. The molecule has 1 atom stereocenters. The highest BCUT2D eigenvalue weighted by atomic mass is 32.2. The van der Waals surface area contributed by atoms with Crippen molar-refractivity contribution in [2.75, 3.05) is 24.6 Å². The van der Waals surface area contributed by atoms with Gasteiger partial charge in [-0.3, -0.25) is 4.98 Å². The minimum atomic E-state index is -5.08. The van der Waals surface area contributed by atoms with E-state index in [1.165, 1.54) is 0 Å². The van der Waals surface area contributed by atoms with Gasteiger partial charge in [0.05, 0.1) is 11.9 Å². The third kappa shape index (κ3) is 5.98. The molecule has 158 valence electrons. The van der Waals surface area contributed by atoms with E-state index >= 15 is 0 Å². The number of pyridine rings is 1. The number of ether oxygens (including phenoxy) is 1. The van der Waals surface area contributed by atoms with Gasteiger partial charge in [-0.15, -0.1) is 11.8 Å². The molecule has 1 aromatic heterocycles. The van der Waals surface area contributed by atoms with Crippen LogP contribution in [0.2, 0.25) is 0 Å². The van der Waals surface area contributed by atoms with Crippen molar-refractivity contribution < 1.29 is 36.2 Å². The van der Waals surface area contributed by atoms with Crippen molar-refractivity contribution in [3.05, 3.63) is 24.5 Å². The van der Waals surface area contributed by atoms with E-state index in [4.69, 9.17) is 14.6 Å². The molecule has 2 aliphatic heterocycles. The first-order chi connectivity index (χ1) is 13.0. The molecule has 12 heteroatoms. The van der Waals surface area contributed by atoms with E-state index < -0.39 is 22.2 Å². The van der Waals surface area contributed by atoms with E-state index in [9.17, 15) is 21.6 Å². The lowest BCUT2D eigenvalue weighted by atomic mass is 9.95. The van der Waals surface area contributed by atoms with Crippen molar-refractivity contribution in [1.29, 1.82) is 0 Å². The van der Waals surface area contributed by atoms with Gasteiger partial charge < -0.3 is 9.84 Å². The summed E-state index contributed by atoms with van der Waals surface area (Å²) in [5.74, 6) is -0.803. The minimum absolute atomic E-state index is 0.0632.